The van der Waals surface area contributed by atoms with Crippen molar-refractivity contribution in [3.05, 3.63) is 64.6 Å². The van der Waals surface area contributed by atoms with Crippen molar-refractivity contribution in [3.63, 3.8) is 0 Å². The summed E-state index contributed by atoms with van der Waals surface area (Å²) in [5.41, 5.74) is 6.75. The van der Waals surface area contributed by atoms with Crippen LogP contribution in [-0.2, 0) is 6.42 Å². The number of anilines is 1. The van der Waals surface area contributed by atoms with Gasteiger partial charge in [0.05, 0.1) is 11.3 Å². The summed E-state index contributed by atoms with van der Waals surface area (Å²) in [6.07, 6.45) is 2.74. The first kappa shape index (κ1) is 15.3. The van der Waals surface area contributed by atoms with Crippen molar-refractivity contribution in [2.24, 2.45) is 0 Å². The molecule has 1 N–H and O–H groups in total. The zero-order valence-electron chi connectivity index (χ0n) is 14.0. The fourth-order valence-corrected chi connectivity index (χ4v) is 2.83. The molecule has 0 saturated heterocycles. The molecule has 4 heteroatoms. The van der Waals surface area contributed by atoms with Gasteiger partial charge in [0.2, 0.25) is 0 Å². The van der Waals surface area contributed by atoms with Gasteiger partial charge in [-0.15, -0.1) is 0 Å². The maximum absolute atomic E-state index is 12.5. The van der Waals surface area contributed by atoms with Crippen molar-refractivity contribution in [1.82, 2.24) is 9.38 Å². The van der Waals surface area contributed by atoms with Crippen LogP contribution in [0.3, 0.4) is 0 Å². The number of pyridine rings is 1. The van der Waals surface area contributed by atoms with Gasteiger partial charge < -0.3 is 9.72 Å². The number of benzene rings is 1. The molecule has 0 aliphatic heterocycles. The number of aryl methyl sites for hydroxylation is 4. The molecule has 3 aromatic rings. The summed E-state index contributed by atoms with van der Waals surface area (Å²) < 4.78 is 1.98. The molecule has 0 bridgehead atoms. The quantitative estimate of drug-likeness (QED) is 0.792. The molecule has 4 nitrogen and oxygen atoms in total. The van der Waals surface area contributed by atoms with E-state index in [9.17, 15) is 4.79 Å². The molecule has 0 aliphatic rings. The van der Waals surface area contributed by atoms with Crippen molar-refractivity contribution in [3.8, 4) is 0 Å². The zero-order chi connectivity index (χ0) is 16.6. The summed E-state index contributed by atoms with van der Waals surface area (Å²) in [6.45, 7) is 8.16. The van der Waals surface area contributed by atoms with E-state index in [1.165, 1.54) is 5.56 Å². The van der Waals surface area contributed by atoms with E-state index < -0.39 is 0 Å². The van der Waals surface area contributed by atoms with Crippen LogP contribution in [-0.4, -0.2) is 15.3 Å². The minimum absolute atomic E-state index is 0.106. The van der Waals surface area contributed by atoms with E-state index in [1.807, 2.05) is 55.6 Å². The monoisotopic (exact) mass is 307 g/mol. The topological polar surface area (TPSA) is 46.4 Å². The summed E-state index contributed by atoms with van der Waals surface area (Å²) in [5.74, 6) is -0.106. The second-order valence-corrected chi connectivity index (χ2v) is 5.92. The Bertz CT molecular complexity index is 893. The molecule has 0 radical (unpaired) electrons. The number of fused-ring (bicyclic) bond motifs is 1. The van der Waals surface area contributed by atoms with Gasteiger partial charge in [0.25, 0.3) is 5.91 Å². The molecule has 1 amide bonds. The number of nitrogens with one attached hydrogen (secondary N) is 1. The van der Waals surface area contributed by atoms with Crippen LogP contribution in [0.15, 0.2) is 36.5 Å². The largest absolute Gasteiger partial charge is 0.322 e. The van der Waals surface area contributed by atoms with E-state index in [0.29, 0.717) is 5.56 Å². The van der Waals surface area contributed by atoms with Gasteiger partial charge in [-0.3, -0.25) is 4.79 Å². The number of amides is 1. The third-order valence-corrected chi connectivity index (χ3v) is 4.18. The summed E-state index contributed by atoms with van der Waals surface area (Å²) >= 11 is 0. The Kier molecular flexibility index (Phi) is 3.90. The number of carbonyl (C=O) groups excluding carboxylic acids is 1. The van der Waals surface area contributed by atoms with Crippen LogP contribution in [0, 0.1) is 20.8 Å². The Morgan fingerprint density at radius 1 is 1.17 bits per heavy atom. The number of aromatic nitrogens is 2. The normalized spacial score (nSPS) is 11.0. The molecule has 2 aromatic heterocycles. The average molecular weight is 307 g/mol. The highest BCUT2D eigenvalue weighted by Crippen LogP contribution is 2.18. The Balaban J connectivity index is 1.93. The zero-order valence-corrected chi connectivity index (χ0v) is 14.0. The number of hydrogen-bond acceptors (Lipinski definition) is 2. The standard InChI is InChI=1S/C19H21N3O/c1-5-16-14(4)22-11-15(7-9-18(22)20-16)19(23)21-17-8-6-12(2)10-13(17)3/h6-11H,5H2,1-4H3,(H,21,23). The van der Waals surface area contributed by atoms with Gasteiger partial charge in [0.1, 0.15) is 5.65 Å². The molecule has 2 heterocycles. The smallest absolute Gasteiger partial charge is 0.257 e. The molecule has 23 heavy (non-hydrogen) atoms. The molecular weight excluding hydrogens is 286 g/mol. The second-order valence-electron chi connectivity index (χ2n) is 5.92. The van der Waals surface area contributed by atoms with Crippen molar-refractivity contribution >= 4 is 17.2 Å². The number of imidazole rings is 1. The van der Waals surface area contributed by atoms with Gasteiger partial charge in [-0.1, -0.05) is 24.6 Å². The molecular formula is C19H21N3O. The van der Waals surface area contributed by atoms with Crippen LogP contribution in [0.5, 0.6) is 0 Å². The molecule has 0 unspecified atom stereocenters. The number of rotatable bonds is 3. The molecule has 0 aliphatic carbocycles. The van der Waals surface area contributed by atoms with Crippen LogP contribution in [0.1, 0.15) is 39.8 Å². The first-order valence-electron chi connectivity index (χ1n) is 7.85. The maximum atomic E-state index is 12.5. The lowest BCUT2D eigenvalue weighted by molar-refractivity contribution is 0.102. The number of carbonyl (C=O) groups is 1. The Morgan fingerprint density at radius 3 is 2.65 bits per heavy atom. The highest BCUT2D eigenvalue weighted by molar-refractivity contribution is 6.04. The van der Waals surface area contributed by atoms with Crippen molar-refractivity contribution in [2.75, 3.05) is 5.32 Å². The minimum atomic E-state index is -0.106. The lowest BCUT2D eigenvalue weighted by atomic mass is 10.1. The van der Waals surface area contributed by atoms with Gasteiger partial charge in [-0.05, 0) is 51.0 Å². The molecule has 0 spiro atoms. The molecule has 0 atom stereocenters. The first-order valence-corrected chi connectivity index (χ1v) is 7.85. The van der Waals surface area contributed by atoms with Crippen LogP contribution in [0.2, 0.25) is 0 Å². The van der Waals surface area contributed by atoms with E-state index in [1.54, 1.807) is 0 Å². The SMILES string of the molecule is CCc1nc2ccc(C(=O)Nc3ccc(C)cc3C)cn2c1C. The van der Waals surface area contributed by atoms with E-state index in [2.05, 4.69) is 23.3 Å². The molecule has 118 valence electrons. The Morgan fingerprint density at radius 2 is 1.96 bits per heavy atom. The van der Waals surface area contributed by atoms with Crippen molar-refractivity contribution < 1.29 is 4.79 Å². The third-order valence-electron chi connectivity index (χ3n) is 4.18. The van der Waals surface area contributed by atoms with E-state index in [4.69, 9.17) is 0 Å². The lowest BCUT2D eigenvalue weighted by Crippen LogP contribution is -2.13. The van der Waals surface area contributed by atoms with Gasteiger partial charge >= 0.3 is 0 Å². The van der Waals surface area contributed by atoms with Crippen LogP contribution in [0.25, 0.3) is 5.65 Å². The fraction of sp³-hybridized carbons (Fsp3) is 0.263. The summed E-state index contributed by atoms with van der Waals surface area (Å²) in [4.78, 5) is 17.1. The maximum Gasteiger partial charge on any atom is 0.257 e. The number of hydrogen-bond donors (Lipinski definition) is 1. The number of nitrogens with zero attached hydrogens (tertiary/aromatic N) is 2. The van der Waals surface area contributed by atoms with Crippen molar-refractivity contribution in [2.45, 2.75) is 34.1 Å². The average Bonchev–Trinajstić information content (AvgIpc) is 2.86. The van der Waals surface area contributed by atoms with Gasteiger partial charge in [0.15, 0.2) is 0 Å². The second kappa shape index (κ2) is 5.88. The summed E-state index contributed by atoms with van der Waals surface area (Å²) in [7, 11) is 0. The van der Waals surface area contributed by atoms with E-state index >= 15 is 0 Å². The molecule has 3 rings (SSSR count). The summed E-state index contributed by atoms with van der Waals surface area (Å²) in [5, 5.41) is 2.99. The first-order chi connectivity index (χ1) is 11.0. The summed E-state index contributed by atoms with van der Waals surface area (Å²) in [6, 6.07) is 9.72. The minimum Gasteiger partial charge on any atom is -0.322 e. The van der Waals surface area contributed by atoms with Crippen LogP contribution >= 0.6 is 0 Å². The predicted octanol–water partition coefficient (Wildman–Crippen LogP) is 4.07. The highest BCUT2D eigenvalue weighted by atomic mass is 16.1. The van der Waals surface area contributed by atoms with E-state index in [-0.39, 0.29) is 5.91 Å². The Hall–Kier alpha value is -2.62. The van der Waals surface area contributed by atoms with E-state index in [0.717, 1.165) is 34.7 Å². The molecule has 0 fully saturated rings. The van der Waals surface area contributed by atoms with Gasteiger partial charge in [0, 0.05) is 17.6 Å². The van der Waals surface area contributed by atoms with Crippen LogP contribution < -0.4 is 5.32 Å². The van der Waals surface area contributed by atoms with Gasteiger partial charge in [-0.2, -0.15) is 0 Å². The molecule has 0 saturated carbocycles. The fourth-order valence-electron chi connectivity index (χ4n) is 2.83. The lowest BCUT2D eigenvalue weighted by Gasteiger charge is -2.09. The third kappa shape index (κ3) is 2.84. The van der Waals surface area contributed by atoms with Crippen LogP contribution in [0.4, 0.5) is 5.69 Å². The van der Waals surface area contributed by atoms with Gasteiger partial charge in [-0.25, -0.2) is 4.98 Å². The highest BCUT2D eigenvalue weighted by Gasteiger charge is 2.12. The van der Waals surface area contributed by atoms with Crippen molar-refractivity contribution in [1.29, 1.82) is 0 Å². The predicted molar refractivity (Wildman–Crippen MR) is 93.2 cm³/mol. The Labute approximate surface area is 136 Å². The molecule has 1 aromatic carbocycles.